The van der Waals surface area contributed by atoms with Gasteiger partial charge in [-0.2, -0.15) is 18.2 Å². The summed E-state index contributed by atoms with van der Waals surface area (Å²) in [6.07, 6.45) is -1.87. The lowest BCUT2D eigenvalue weighted by atomic mass is 10.1. The van der Waals surface area contributed by atoms with Crippen molar-refractivity contribution in [3.8, 4) is 0 Å². The van der Waals surface area contributed by atoms with Crippen LogP contribution in [0, 0.1) is 0 Å². The first-order chi connectivity index (χ1) is 18.1. The Morgan fingerprint density at radius 1 is 1.21 bits per heavy atom. The van der Waals surface area contributed by atoms with Gasteiger partial charge in [-0.25, -0.2) is 4.98 Å². The maximum atomic E-state index is 13.9. The van der Waals surface area contributed by atoms with Crippen LogP contribution in [0.3, 0.4) is 0 Å². The molecule has 5 rings (SSSR count). The van der Waals surface area contributed by atoms with Gasteiger partial charge in [0.15, 0.2) is 0 Å². The first-order valence-electron chi connectivity index (χ1n) is 12.0. The van der Waals surface area contributed by atoms with Crippen LogP contribution >= 0.6 is 0 Å². The third-order valence-electron chi connectivity index (χ3n) is 6.27. The maximum absolute atomic E-state index is 13.9. The lowest BCUT2D eigenvalue weighted by Gasteiger charge is -2.41. The molecule has 1 saturated heterocycles. The van der Waals surface area contributed by atoms with Crippen LogP contribution in [-0.4, -0.2) is 74.2 Å². The number of ether oxygens (including phenoxy) is 1. The predicted octanol–water partition coefficient (Wildman–Crippen LogP) is 1.51. The van der Waals surface area contributed by atoms with Crippen LogP contribution in [0.2, 0.25) is 0 Å². The molecule has 5 heterocycles. The molecular weight excluding hydrogens is 507 g/mol. The summed E-state index contributed by atoms with van der Waals surface area (Å²) in [5, 5.41) is 10.6. The zero-order chi connectivity index (χ0) is 27.3. The third kappa shape index (κ3) is 6.37. The zero-order valence-electron chi connectivity index (χ0n) is 20.6. The monoisotopic (exact) mass is 535 g/mol. The standard InChI is InChI=1S/C20H24F3N5O3.C4H4N2O/c1-13-12-31-9-8-26(13)17-10-18(30)27-7-5-16(20(21,22)23)28(19(27)25-17)11-15(29)14-4-2-3-6-24-14;7-4-1-2-5-3-6-4/h2-4,6,10,13,15-16,29H,5,7-9,11-12H2,1H3;1-3H,(H,5,6,7)/t13-,15?,16+;/m1./s1. The lowest BCUT2D eigenvalue weighted by Crippen LogP contribution is -2.54. The van der Waals surface area contributed by atoms with Gasteiger partial charge in [-0.1, -0.05) is 6.07 Å². The Morgan fingerprint density at radius 2 is 2.03 bits per heavy atom. The molecule has 1 unspecified atom stereocenters. The van der Waals surface area contributed by atoms with Gasteiger partial charge < -0.3 is 24.6 Å². The average molecular weight is 536 g/mol. The molecule has 0 bridgehead atoms. The summed E-state index contributed by atoms with van der Waals surface area (Å²) in [5.41, 5.74) is -0.285. The normalized spacial score (nSPS) is 20.2. The number of anilines is 2. The van der Waals surface area contributed by atoms with Crippen LogP contribution in [0.1, 0.15) is 25.1 Å². The summed E-state index contributed by atoms with van der Waals surface area (Å²) in [4.78, 5) is 40.2. The molecule has 0 amide bonds. The molecule has 14 heteroatoms. The first-order valence-corrected chi connectivity index (χ1v) is 12.0. The van der Waals surface area contributed by atoms with Crippen LogP contribution in [-0.2, 0) is 11.3 Å². The SMILES string of the molecule is C[C@@H]1COCCN1c1cc(=O)n2c(n1)N(CC(O)c1ccccn1)[C@H](C(F)(F)F)CC2.O=c1ccnc[nH]1. The van der Waals surface area contributed by atoms with E-state index in [1.165, 1.54) is 35.4 Å². The number of H-pyrrole nitrogens is 1. The minimum Gasteiger partial charge on any atom is -0.385 e. The molecule has 0 saturated carbocycles. The van der Waals surface area contributed by atoms with Crippen molar-refractivity contribution >= 4 is 11.8 Å². The van der Waals surface area contributed by atoms with Gasteiger partial charge in [0.05, 0.1) is 37.8 Å². The molecular formula is C24H28F3N7O4. The van der Waals surface area contributed by atoms with E-state index in [4.69, 9.17) is 4.74 Å². The van der Waals surface area contributed by atoms with Gasteiger partial charge in [0, 0.05) is 37.6 Å². The minimum absolute atomic E-state index is 0.0711. The van der Waals surface area contributed by atoms with Gasteiger partial charge in [0.1, 0.15) is 18.0 Å². The lowest BCUT2D eigenvalue weighted by molar-refractivity contribution is -0.153. The van der Waals surface area contributed by atoms with E-state index >= 15 is 0 Å². The fourth-order valence-corrected chi connectivity index (χ4v) is 4.38. The summed E-state index contributed by atoms with van der Waals surface area (Å²) < 4.78 is 48.3. The Kier molecular flexibility index (Phi) is 8.42. The third-order valence-corrected chi connectivity index (χ3v) is 6.27. The van der Waals surface area contributed by atoms with Gasteiger partial charge in [0.2, 0.25) is 5.95 Å². The Morgan fingerprint density at radius 3 is 2.63 bits per heavy atom. The topological polar surface area (TPSA) is 129 Å². The highest BCUT2D eigenvalue weighted by molar-refractivity contribution is 5.48. The number of aromatic nitrogens is 5. The maximum Gasteiger partial charge on any atom is 0.408 e. The number of fused-ring (bicyclic) bond motifs is 1. The number of aromatic amines is 1. The van der Waals surface area contributed by atoms with Crippen LogP contribution in [0.15, 0.2) is 58.6 Å². The Labute approximate surface area is 215 Å². The number of aliphatic hydroxyl groups is 1. The van der Waals surface area contributed by atoms with Crippen molar-refractivity contribution < 1.29 is 23.0 Å². The molecule has 3 aromatic heterocycles. The summed E-state index contributed by atoms with van der Waals surface area (Å²) in [7, 11) is 0. The van der Waals surface area contributed by atoms with E-state index in [1.807, 2.05) is 11.8 Å². The van der Waals surface area contributed by atoms with Crippen molar-refractivity contribution in [2.24, 2.45) is 0 Å². The van der Waals surface area contributed by atoms with E-state index in [1.54, 1.807) is 18.2 Å². The zero-order valence-corrected chi connectivity index (χ0v) is 20.6. The average Bonchev–Trinajstić information content (AvgIpc) is 2.90. The molecule has 2 N–H and O–H groups in total. The second kappa shape index (κ2) is 11.7. The first kappa shape index (κ1) is 27.3. The summed E-state index contributed by atoms with van der Waals surface area (Å²) >= 11 is 0. The fourth-order valence-electron chi connectivity index (χ4n) is 4.38. The van der Waals surface area contributed by atoms with E-state index < -0.39 is 30.4 Å². The van der Waals surface area contributed by atoms with Crippen molar-refractivity contribution in [1.29, 1.82) is 0 Å². The Bertz CT molecular complexity index is 1300. The number of hydrogen-bond donors (Lipinski definition) is 2. The minimum atomic E-state index is -4.55. The Hall–Kier alpha value is -3.78. The molecule has 0 aromatic carbocycles. The van der Waals surface area contributed by atoms with Crippen molar-refractivity contribution in [1.82, 2.24) is 24.5 Å². The summed E-state index contributed by atoms with van der Waals surface area (Å²) in [6, 6.07) is 5.63. The largest absolute Gasteiger partial charge is 0.408 e. The quantitative estimate of drug-likeness (QED) is 0.511. The number of halogens is 3. The van der Waals surface area contributed by atoms with Crippen LogP contribution < -0.4 is 20.9 Å². The van der Waals surface area contributed by atoms with Gasteiger partial charge in [-0.3, -0.25) is 19.1 Å². The van der Waals surface area contributed by atoms with Gasteiger partial charge >= 0.3 is 6.18 Å². The fraction of sp³-hybridized carbons (Fsp3) is 0.458. The van der Waals surface area contributed by atoms with Gasteiger partial charge in [-0.15, -0.1) is 0 Å². The number of nitrogens with zero attached hydrogens (tertiary/aromatic N) is 6. The predicted molar refractivity (Wildman–Crippen MR) is 132 cm³/mol. The molecule has 0 spiro atoms. The highest BCUT2D eigenvalue weighted by Gasteiger charge is 2.47. The van der Waals surface area contributed by atoms with Crippen molar-refractivity contribution in [2.45, 2.75) is 44.3 Å². The number of β-amino-alcohol motifs (C(OH)–C–C–N with tert-alkyl or cyclic N) is 1. The van der Waals surface area contributed by atoms with Crippen molar-refractivity contribution in [2.75, 3.05) is 36.1 Å². The number of nitrogens with one attached hydrogen (secondary N) is 1. The van der Waals surface area contributed by atoms with Crippen LogP contribution in [0.25, 0.3) is 0 Å². The van der Waals surface area contributed by atoms with Gasteiger partial charge in [0.25, 0.3) is 11.1 Å². The number of pyridine rings is 1. The van der Waals surface area contributed by atoms with Gasteiger partial charge in [-0.05, 0) is 25.5 Å². The highest BCUT2D eigenvalue weighted by atomic mass is 19.4. The van der Waals surface area contributed by atoms with E-state index in [9.17, 15) is 27.9 Å². The summed E-state index contributed by atoms with van der Waals surface area (Å²) in [5.74, 6) is 0.219. The molecule has 11 nitrogen and oxygen atoms in total. The number of rotatable bonds is 4. The van der Waals surface area contributed by atoms with Crippen molar-refractivity contribution in [3.05, 3.63) is 75.5 Å². The summed E-state index contributed by atoms with van der Waals surface area (Å²) in [6.45, 7) is 2.77. The van der Waals surface area contributed by atoms with Crippen LogP contribution in [0.4, 0.5) is 24.9 Å². The highest BCUT2D eigenvalue weighted by Crippen LogP contribution is 2.35. The van der Waals surface area contributed by atoms with E-state index in [0.717, 1.165) is 4.90 Å². The molecule has 1 fully saturated rings. The van der Waals surface area contributed by atoms with Crippen molar-refractivity contribution in [3.63, 3.8) is 0 Å². The Balaban J connectivity index is 0.000000417. The molecule has 2 aliphatic heterocycles. The number of morpholine rings is 1. The number of alkyl halides is 3. The molecule has 3 atom stereocenters. The molecule has 0 radical (unpaired) electrons. The second-order valence-electron chi connectivity index (χ2n) is 8.89. The van der Waals surface area contributed by atoms with Crippen LogP contribution in [0.5, 0.6) is 0 Å². The van der Waals surface area contributed by atoms with E-state index in [0.29, 0.717) is 25.6 Å². The molecule has 0 aliphatic carbocycles. The number of hydrogen-bond acceptors (Lipinski definition) is 9. The smallest absolute Gasteiger partial charge is 0.385 e. The second-order valence-corrected chi connectivity index (χ2v) is 8.89. The van der Waals surface area contributed by atoms with E-state index in [-0.39, 0.29) is 36.2 Å². The molecule has 204 valence electrons. The number of aliphatic hydroxyl groups excluding tert-OH is 1. The molecule has 2 aliphatic rings. The molecule has 38 heavy (non-hydrogen) atoms. The van der Waals surface area contributed by atoms with E-state index in [2.05, 4.69) is 19.9 Å². The molecule has 3 aromatic rings.